The van der Waals surface area contributed by atoms with Crippen LogP contribution in [0.15, 0.2) is 0 Å². The van der Waals surface area contributed by atoms with E-state index < -0.39 is 5.41 Å². The van der Waals surface area contributed by atoms with Gasteiger partial charge in [-0.25, -0.2) is 0 Å². The van der Waals surface area contributed by atoms with Crippen LogP contribution in [0.2, 0.25) is 0 Å². The number of carbonyl (C=O) groups is 1. The molecule has 1 spiro atoms. The predicted molar refractivity (Wildman–Crippen MR) is 75.3 cm³/mol. The lowest BCUT2D eigenvalue weighted by Gasteiger charge is -2.41. The van der Waals surface area contributed by atoms with Gasteiger partial charge in [0.25, 0.3) is 0 Å². The quantitative estimate of drug-likeness (QED) is 0.781. The van der Waals surface area contributed by atoms with Gasteiger partial charge in [0, 0.05) is 13.1 Å². The van der Waals surface area contributed by atoms with Crippen molar-refractivity contribution in [2.75, 3.05) is 13.1 Å². The summed E-state index contributed by atoms with van der Waals surface area (Å²) in [5.41, 5.74) is -0.245. The fourth-order valence-corrected chi connectivity index (χ4v) is 3.87. The van der Waals surface area contributed by atoms with Gasteiger partial charge in [0.1, 0.15) is 5.41 Å². The van der Waals surface area contributed by atoms with Crippen LogP contribution in [0.3, 0.4) is 0 Å². The van der Waals surface area contributed by atoms with Crippen LogP contribution in [0.5, 0.6) is 0 Å². The summed E-state index contributed by atoms with van der Waals surface area (Å²) >= 11 is 0. The Labute approximate surface area is 117 Å². The third-order valence-electron chi connectivity index (χ3n) is 5.61. The summed E-state index contributed by atoms with van der Waals surface area (Å²) in [5.74, 6) is 0.0767. The highest BCUT2D eigenvalue weighted by Crippen LogP contribution is 2.46. The molecule has 1 amide bonds. The van der Waals surface area contributed by atoms with Crippen LogP contribution in [0.1, 0.15) is 65.2 Å². The van der Waals surface area contributed by atoms with Gasteiger partial charge in [-0.05, 0) is 43.9 Å². The number of nitrogens with zero attached hydrogens (tertiary/aromatic N) is 2. The van der Waals surface area contributed by atoms with Crippen molar-refractivity contribution in [3.63, 3.8) is 0 Å². The first-order chi connectivity index (χ1) is 9.11. The van der Waals surface area contributed by atoms with Crippen molar-refractivity contribution in [2.24, 2.45) is 10.8 Å². The maximum Gasteiger partial charge on any atom is 0.243 e. The Morgan fingerprint density at radius 2 is 1.68 bits per heavy atom. The van der Waals surface area contributed by atoms with E-state index >= 15 is 0 Å². The van der Waals surface area contributed by atoms with Gasteiger partial charge < -0.3 is 4.90 Å². The van der Waals surface area contributed by atoms with E-state index in [0.29, 0.717) is 18.3 Å². The first-order valence-electron chi connectivity index (χ1n) is 7.82. The van der Waals surface area contributed by atoms with Gasteiger partial charge in [0.15, 0.2) is 0 Å². The van der Waals surface area contributed by atoms with E-state index in [1.54, 1.807) is 0 Å². The Hall–Kier alpha value is -1.04. The van der Waals surface area contributed by atoms with Crippen molar-refractivity contribution < 1.29 is 4.79 Å². The molecule has 0 N–H and O–H groups in total. The highest BCUT2D eigenvalue weighted by molar-refractivity contribution is 5.85. The van der Waals surface area contributed by atoms with E-state index in [0.717, 1.165) is 25.9 Å². The normalized spacial score (nSPS) is 22.5. The smallest absolute Gasteiger partial charge is 0.243 e. The first kappa shape index (κ1) is 14.4. The summed E-state index contributed by atoms with van der Waals surface area (Å²) < 4.78 is 0. The van der Waals surface area contributed by atoms with Crippen LogP contribution in [-0.4, -0.2) is 23.9 Å². The maximum absolute atomic E-state index is 12.6. The zero-order chi connectivity index (χ0) is 13.9. The van der Waals surface area contributed by atoms with Gasteiger partial charge in [-0.3, -0.25) is 4.79 Å². The predicted octanol–water partition coefficient (Wildman–Crippen LogP) is 3.50. The second-order valence-corrected chi connectivity index (χ2v) is 6.40. The summed E-state index contributed by atoms with van der Waals surface area (Å²) in [6.07, 6.45) is 8.96. The molecule has 0 aromatic rings. The molecule has 2 aliphatic rings. The minimum atomic E-state index is -0.778. The van der Waals surface area contributed by atoms with Crippen LogP contribution in [0, 0.1) is 22.2 Å². The van der Waals surface area contributed by atoms with E-state index in [2.05, 4.69) is 6.07 Å². The minimum Gasteiger partial charge on any atom is -0.341 e. The van der Waals surface area contributed by atoms with Gasteiger partial charge in [-0.15, -0.1) is 0 Å². The molecule has 2 rings (SSSR count). The molecule has 1 aliphatic carbocycles. The summed E-state index contributed by atoms with van der Waals surface area (Å²) in [6.45, 7) is 5.63. The van der Waals surface area contributed by atoms with Gasteiger partial charge in [-0.1, -0.05) is 26.7 Å². The van der Waals surface area contributed by atoms with Crippen LogP contribution in [-0.2, 0) is 4.79 Å². The van der Waals surface area contributed by atoms with Crippen molar-refractivity contribution in [1.82, 2.24) is 4.90 Å². The molecule has 3 heteroatoms. The molecule has 0 aromatic heterocycles. The van der Waals surface area contributed by atoms with E-state index in [9.17, 15) is 10.1 Å². The molecule has 1 saturated heterocycles. The highest BCUT2D eigenvalue weighted by atomic mass is 16.2. The molecule has 0 bridgehead atoms. The van der Waals surface area contributed by atoms with Crippen LogP contribution < -0.4 is 0 Å². The number of likely N-dealkylation sites (tertiary alicyclic amines) is 1. The molecule has 3 nitrogen and oxygen atoms in total. The van der Waals surface area contributed by atoms with Gasteiger partial charge >= 0.3 is 0 Å². The fourth-order valence-electron chi connectivity index (χ4n) is 3.87. The maximum atomic E-state index is 12.6. The van der Waals surface area contributed by atoms with E-state index in [1.807, 2.05) is 18.7 Å². The Balaban J connectivity index is 2.01. The fraction of sp³-hybridized carbons (Fsp3) is 0.875. The lowest BCUT2D eigenvalue weighted by molar-refractivity contribution is -0.141. The molecular formula is C16H26N2O. The van der Waals surface area contributed by atoms with E-state index in [1.165, 1.54) is 25.7 Å². The van der Waals surface area contributed by atoms with Crippen LogP contribution in [0.25, 0.3) is 0 Å². The standard InChI is InChI=1S/C16H26N2O/c1-3-16(4-2,13-17)14(19)18-11-9-15(10-12-18)7-5-6-8-15/h3-12H2,1-2H3. The number of nitriles is 1. The highest BCUT2D eigenvalue weighted by Gasteiger charge is 2.43. The number of rotatable bonds is 3. The van der Waals surface area contributed by atoms with Gasteiger partial charge in [0.2, 0.25) is 5.91 Å². The molecule has 0 aromatic carbocycles. The third kappa shape index (κ3) is 2.50. The Morgan fingerprint density at radius 3 is 2.11 bits per heavy atom. The van der Waals surface area contributed by atoms with Crippen molar-refractivity contribution >= 4 is 5.91 Å². The number of carbonyl (C=O) groups excluding carboxylic acids is 1. The van der Waals surface area contributed by atoms with Gasteiger partial charge in [0.05, 0.1) is 6.07 Å². The van der Waals surface area contributed by atoms with Crippen molar-refractivity contribution in [3.05, 3.63) is 0 Å². The largest absolute Gasteiger partial charge is 0.341 e. The summed E-state index contributed by atoms with van der Waals surface area (Å²) in [6, 6.07) is 2.28. The van der Waals surface area contributed by atoms with Crippen molar-refractivity contribution in [3.8, 4) is 6.07 Å². The molecule has 1 heterocycles. The monoisotopic (exact) mass is 262 g/mol. The van der Waals surface area contributed by atoms with Gasteiger partial charge in [-0.2, -0.15) is 5.26 Å². The third-order valence-corrected chi connectivity index (χ3v) is 5.61. The second-order valence-electron chi connectivity index (χ2n) is 6.40. The zero-order valence-electron chi connectivity index (χ0n) is 12.4. The van der Waals surface area contributed by atoms with Crippen LogP contribution >= 0.6 is 0 Å². The molecular weight excluding hydrogens is 236 g/mol. The molecule has 19 heavy (non-hydrogen) atoms. The summed E-state index contributed by atoms with van der Waals surface area (Å²) in [5, 5.41) is 9.39. The molecule has 0 atom stereocenters. The molecule has 0 unspecified atom stereocenters. The minimum absolute atomic E-state index is 0.0767. The average Bonchev–Trinajstić information content (AvgIpc) is 2.90. The topological polar surface area (TPSA) is 44.1 Å². The summed E-state index contributed by atoms with van der Waals surface area (Å²) in [4.78, 5) is 14.6. The van der Waals surface area contributed by atoms with E-state index in [-0.39, 0.29) is 5.91 Å². The first-order valence-corrected chi connectivity index (χ1v) is 7.82. The molecule has 1 saturated carbocycles. The second kappa shape index (κ2) is 5.53. The van der Waals surface area contributed by atoms with Crippen molar-refractivity contribution in [2.45, 2.75) is 65.2 Å². The summed E-state index contributed by atoms with van der Waals surface area (Å²) in [7, 11) is 0. The SMILES string of the molecule is CCC(C#N)(CC)C(=O)N1CCC2(CCCC2)CC1. The van der Waals surface area contributed by atoms with Crippen molar-refractivity contribution in [1.29, 1.82) is 5.26 Å². The lowest BCUT2D eigenvalue weighted by atomic mass is 9.75. The Bertz CT molecular complexity index is 363. The number of amides is 1. The lowest BCUT2D eigenvalue weighted by Crippen LogP contribution is -2.48. The number of hydrogen-bond acceptors (Lipinski definition) is 2. The molecule has 106 valence electrons. The van der Waals surface area contributed by atoms with Crippen LogP contribution in [0.4, 0.5) is 0 Å². The Kier molecular flexibility index (Phi) is 4.18. The van der Waals surface area contributed by atoms with E-state index in [4.69, 9.17) is 0 Å². The number of hydrogen-bond donors (Lipinski definition) is 0. The molecule has 0 radical (unpaired) electrons. The Morgan fingerprint density at radius 1 is 1.16 bits per heavy atom. The zero-order valence-corrected chi connectivity index (χ0v) is 12.4. The number of piperidine rings is 1. The molecule has 2 fully saturated rings. The molecule has 1 aliphatic heterocycles. The average molecular weight is 262 g/mol.